The Morgan fingerprint density at radius 3 is 2.65 bits per heavy atom. The summed E-state index contributed by atoms with van der Waals surface area (Å²) in [6, 6.07) is 13.9. The van der Waals surface area contributed by atoms with Crippen LogP contribution in [0.5, 0.6) is 5.75 Å². The van der Waals surface area contributed by atoms with Crippen LogP contribution in [0, 0.1) is 6.92 Å². The zero-order valence-electron chi connectivity index (χ0n) is 15.2. The van der Waals surface area contributed by atoms with Crippen LogP contribution in [0.15, 0.2) is 60.4 Å². The van der Waals surface area contributed by atoms with E-state index in [1.165, 1.54) is 5.56 Å². The summed E-state index contributed by atoms with van der Waals surface area (Å²) < 4.78 is 11.8. The SMILES string of the molecule is CCN1C(=O)C2(C=C/C(=C/c3ccc(C)cc3)O2)c2c(OC)cccc21. The normalized spacial score (nSPS) is 22.2. The van der Waals surface area contributed by atoms with Gasteiger partial charge in [0.15, 0.2) is 0 Å². The molecule has 2 aromatic rings. The molecule has 4 nitrogen and oxygen atoms in total. The van der Waals surface area contributed by atoms with Crippen LogP contribution in [-0.2, 0) is 15.1 Å². The van der Waals surface area contributed by atoms with Crippen molar-refractivity contribution in [3.63, 3.8) is 0 Å². The molecule has 0 aromatic heterocycles. The Balaban J connectivity index is 1.78. The Kier molecular flexibility index (Phi) is 3.83. The van der Waals surface area contributed by atoms with E-state index < -0.39 is 5.60 Å². The van der Waals surface area contributed by atoms with E-state index in [9.17, 15) is 4.79 Å². The molecule has 0 radical (unpaired) electrons. The molecule has 0 saturated carbocycles. The number of carbonyl (C=O) groups is 1. The van der Waals surface area contributed by atoms with Crippen LogP contribution < -0.4 is 9.64 Å². The van der Waals surface area contributed by atoms with E-state index >= 15 is 0 Å². The van der Waals surface area contributed by atoms with Crippen molar-refractivity contribution in [1.29, 1.82) is 0 Å². The van der Waals surface area contributed by atoms with Crippen LogP contribution in [0.4, 0.5) is 5.69 Å². The Morgan fingerprint density at radius 1 is 1.19 bits per heavy atom. The molecule has 2 aliphatic heterocycles. The van der Waals surface area contributed by atoms with Crippen LogP contribution in [0.2, 0.25) is 0 Å². The topological polar surface area (TPSA) is 38.8 Å². The molecular formula is C22H21NO3. The van der Waals surface area contributed by atoms with E-state index in [0.717, 1.165) is 16.8 Å². The van der Waals surface area contributed by atoms with E-state index in [1.54, 1.807) is 12.0 Å². The highest BCUT2D eigenvalue weighted by molar-refractivity contribution is 6.10. The van der Waals surface area contributed by atoms with E-state index in [4.69, 9.17) is 9.47 Å². The number of rotatable bonds is 3. The fourth-order valence-electron chi connectivity index (χ4n) is 3.63. The third kappa shape index (κ3) is 2.33. The van der Waals surface area contributed by atoms with Gasteiger partial charge in [-0.05, 0) is 49.8 Å². The minimum Gasteiger partial charge on any atom is -0.496 e. The van der Waals surface area contributed by atoms with Gasteiger partial charge < -0.3 is 14.4 Å². The van der Waals surface area contributed by atoms with Crippen molar-refractivity contribution in [2.45, 2.75) is 19.4 Å². The Bertz CT molecular complexity index is 927. The first-order valence-corrected chi connectivity index (χ1v) is 8.75. The fourth-order valence-corrected chi connectivity index (χ4v) is 3.63. The number of likely N-dealkylation sites (N-methyl/N-ethyl adjacent to an activating group) is 1. The Labute approximate surface area is 153 Å². The number of allylic oxidation sites excluding steroid dienone is 1. The minimum atomic E-state index is -1.14. The van der Waals surface area contributed by atoms with Crippen molar-refractivity contribution in [1.82, 2.24) is 0 Å². The van der Waals surface area contributed by atoms with Gasteiger partial charge >= 0.3 is 0 Å². The van der Waals surface area contributed by atoms with E-state index in [1.807, 2.05) is 55.5 Å². The van der Waals surface area contributed by atoms with Gasteiger partial charge in [0.05, 0.1) is 18.4 Å². The summed E-state index contributed by atoms with van der Waals surface area (Å²) in [6.07, 6.45) is 5.65. The quantitative estimate of drug-likeness (QED) is 0.835. The number of methoxy groups -OCH3 is 1. The van der Waals surface area contributed by atoms with Crippen molar-refractivity contribution in [3.05, 3.63) is 77.1 Å². The zero-order chi connectivity index (χ0) is 18.3. The number of aryl methyl sites for hydroxylation is 1. The Morgan fingerprint density at radius 2 is 1.96 bits per heavy atom. The summed E-state index contributed by atoms with van der Waals surface area (Å²) in [6.45, 7) is 4.59. The number of anilines is 1. The summed E-state index contributed by atoms with van der Waals surface area (Å²) in [4.78, 5) is 14.9. The lowest BCUT2D eigenvalue weighted by molar-refractivity contribution is -0.132. The van der Waals surface area contributed by atoms with E-state index in [2.05, 4.69) is 19.1 Å². The van der Waals surface area contributed by atoms with Crippen LogP contribution in [0.25, 0.3) is 6.08 Å². The molecule has 4 rings (SSSR count). The van der Waals surface area contributed by atoms with Gasteiger partial charge in [0.25, 0.3) is 5.91 Å². The summed E-state index contributed by atoms with van der Waals surface area (Å²) >= 11 is 0. The molecule has 132 valence electrons. The predicted molar refractivity (Wildman–Crippen MR) is 102 cm³/mol. The minimum absolute atomic E-state index is 0.0805. The number of ether oxygens (including phenoxy) is 2. The monoisotopic (exact) mass is 347 g/mol. The second-order valence-corrected chi connectivity index (χ2v) is 6.53. The third-order valence-electron chi connectivity index (χ3n) is 4.91. The molecule has 1 atom stereocenters. The second kappa shape index (κ2) is 6.06. The first-order chi connectivity index (χ1) is 12.6. The van der Waals surface area contributed by atoms with Gasteiger partial charge in [0.1, 0.15) is 11.5 Å². The second-order valence-electron chi connectivity index (χ2n) is 6.53. The van der Waals surface area contributed by atoms with Gasteiger partial charge in [0.2, 0.25) is 5.60 Å². The molecule has 2 aromatic carbocycles. The van der Waals surface area contributed by atoms with E-state index in [0.29, 0.717) is 18.1 Å². The number of fused-ring (bicyclic) bond motifs is 2. The molecule has 1 unspecified atom stereocenters. The van der Waals surface area contributed by atoms with Crippen LogP contribution >= 0.6 is 0 Å². The smallest absolute Gasteiger partial charge is 0.280 e. The maximum absolute atomic E-state index is 13.2. The molecule has 2 heterocycles. The van der Waals surface area contributed by atoms with Gasteiger partial charge in [-0.2, -0.15) is 0 Å². The number of hydrogen-bond donors (Lipinski definition) is 0. The highest BCUT2D eigenvalue weighted by Crippen LogP contribution is 2.51. The molecule has 0 fully saturated rings. The van der Waals surface area contributed by atoms with Gasteiger partial charge in [-0.3, -0.25) is 4.79 Å². The molecule has 0 aliphatic carbocycles. The maximum Gasteiger partial charge on any atom is 0.280 e. The zero-order valence-corrected chi connectivity index (χ0v) is 15.2. The number of nitrogens with zero attached hydrogens (tertiary/aromatic N) is 1. The largest absolute Gasteiger partial charge is 0.496 e. The van der Waals surface area contributed by atoms with Gasteiger partial charge in [0, 0.05) is 6.54 Å². The predicted octanol–water partition coefficient (Wildman–Crippen LogP) is 4.19. The van der Waals surface area contributed by atoms with Crippen molar-refractivity contribution in [3.8, 4) is 5.75 Å². The maximum atomic E-state index is 13.2. The molecule has 1 amide bonds. The molecule has 2 aliphatic rings. The average Bonchev–Trinajstić information content (AvgIpc) is 3.18. The van der Waals surface area contributed by atoms with Gasteiger partial charge in [-0.1, -0.05) is 35.9 Å². The van der Waals surface area contributed by atoms with Crippen LogP contribution in [0.3, 0.4) is 0 Å². The molecule has 1 spiro atoms. The molecule has 4 heteroatoms. The highest BCUT2D eigenvalue weighted by Gasteiger charge is 2.55. The molecule has 0 N–H and O–H groups in total. The van der Waals surface area contributed by atoms with Crippen molar-refractivity contribution >= 4 is 17.7 Å². The standard InChI is InChI=1S/C22H21NO3/c1-4-23-18-6-5-7-19(25-3)20(18)22(21(23)24)13-12-17(26-22)14-16-10-8-15(2)9-11-16/h5-14H,4H2,1-3H3/b17-14-. The summed E-state index contributed by atoms with van der Waals surface area (Å²) in [5, 5.41) is 0. The van der Waals surface area contributed by atoms with Crippen molar-refractivity contribution < 1.29 is 14.3 Å². The van der Waals surface area contributed by atoms with Crippen molar-refractivity contribution in [2.75, 3.05) is 18.6 Å². The van der Waals surface area contributed by atoms with Crippen LogP contribution in [-0.4, -0.2) is 19.6 Å². The fraction of sp³-hybridized carbons (Fsp3) is 0.227. The lowest BCUT2D eigenvalue weighted by Crippen LogP contribution is -2.39. The van der Waals surface area contributed by atoms with E-state index in [-0.39, 0.29) is 5.91 Å². The summed E-state index contributed by atoms with van der Waals surface area (Å²) in [7, 11) is 1.62. The van der Waals surface area contributed by atoms with Crippen molar-refractivity contribution in [2.24, 2.45) is 0 Å². The third-order valence-corrected chi connectivity index (χ3v) is 4.91. The number of carbonyl (C=O) groups excluding carboxylic acids is 1. The number of hydrogen-bond acceptors (Lipinski definition) is 3. The first kappa shape index (κ1) is 16.5. The lowest BCUT2D eigenvalue weighted by Gasteiger charge is -2.23. The first-order valence-electron chi connectivity index (χ1n) is 8.75. The number of amides is 1. The van der Waals surface area contributed by atoms with Gasteiger partial charge in [-0.15, -0.1) is 0 Å². The lowest BCUT2D eigenvalue weighted by atomic mass is 9.95. The average molecular weight is 347 g/mol. The molecular weight excluding hydrogens is 326 g/mol. The molecule has 0 bridgehead atoms. The summed E-state index contributed by atoms with van der Waals surface area (Å²) in [5.41, 5.74) is 2.71. The molecule has 0 saturated heterocycles. The highest BCUT2D eigenvalue weighted by atomic mass is 16.5. The Hall–Kier alpha value is -3.01. The van der Waals surface area contributed by atoms with Gasteiger partial charge in [-0.25, -0.2) is 0 Å². The molecule has 26 heavy (non-hydrogen) atoms. The summed E-state index contributed by atoms with van der Waals surface area (Å²) in [5.74, 6) is 1.24. The number of benzene rings is 2. The van der Waals surface area contributed by atoms with Crippen LogP contribution in [0.1, 0.15) is 23.6 Å².